The lowest BCUT2D eigenvalue weighted by atomic mass is 9.82. The van der Waals surface area contributed by atoms with E-state index in [-0.39, 0.29) is 11.7 Å². The van der Waals surface area contributed by atoms with E-state index in [1.165, 1.54) is 23.0 Å². The van der Waals surface area contributed by atoms with Gasteiger partial charge in [-0.05, 0) is 32.4 Å². The standard InChI is InChI=1S/C19H27BFN3O5/c1-4-14(24(3)20(2)27)17(25)23-16-18(26)22-13-6-5-12(21)11-15(13)29-19(16)7-9-28-10-8-19/h5-6,11,14,16,27H,4,7-10H2,1-3H3,(H,22,26)(H,23,25)/t14-,16-/m0/s1. The van der Waals surface area contributed by atoms with Gasteiger partial charge in [0, 0.05) is 18.9 Å². The number of likely N-dealkylation sites (N-methyl/N-ethyl adjacent to an activating group) is 1. The molecule has 158 valence electrons. The van der Waals surface area contributed by atoms with Crippen LogP contribution in [-0.4, -0.2) is 66.6 Å². The highest BCUT2D eigenvalue weighted by Crippen LogP contribution is 2.38. The molecule has 1 spiro atoms. The zero-order valence-corrected chi connectivity index (χ0v) is 16.9. The molecule has 3 N–H and O–H groups in total. The molecule has 10 heteroatoms. The van der Waals surface area contributed by atoms with Crippen LogP contribution in [0.3, 0.4) is 0 Å². The number of nitrogens with one attached hydrogen (secondary N) is 2. The van der Waals surface area contributed by atoms with Crippen LogP contribution in [-0.2, 0) is 14.3 Å². The average Bonchev–Trinajstić information content (AvgIpc) is 2.78. The molecule has 2 heterocycles. The summed E-state index contributed by atoms with van der Waals surface area (Å²) >= 11 is 0. The summed E-state index contributed by atoms with van der Waals surface area (Å²) in [5, 5.41) is 15.4. The van der Waals surface area contributed by atoms with Crippen molar-refractivity contribution in [2.45, 2.75) is 50.7 Å². The molecule has 8 nitrogen and oxygen atoms in total. The van der Waals surface area contributed by atoms with Gasteiger partial charge in [0.05, 0.1) is 24.9 Å². The fourth-order valence-corrected chi connectivity index (χ4v) is 3.87. The highest BCUT2D eigenvalue weighted by atomic mass is 19.1. The lowest BCUT2D eigenvalue weighted by Gasteiger charge is -2.41. The van der Waals surface area contributed by atoms with Gasteiger partial charge in [0.25, 0.3) is 5.91 Å². The van der Waals surface area contributed by atoms with Gasteiger partial charge < -0.3 is 29.9 Å². The van der Waals surface area contributed by atoms with Crippen LogP contribution in [0.5, 0.6) is 5.75 Å². The number of ether oxygens (including phenoxy) is 2. The van der Waals surface area contributed by atoms with Crippen LogP contribution in [0.1, 0.15) is 26.2 Å². The van der Waals surface area contributed by atoms with Gasteiger partial charge in [-0.3, -0.25) is 9.59 Å². The van der Waals surface area contributed by atoms with E-state index < -0.39 is 36.5 Å². The third-order valence-corrected chi connectivity index (χ3v) is 5.70. The van der Waals surface area contributed by atoms with E-state index in [1.807, 2.05) is 6.92 Å². The van der Waals surface area contributed by atoms with Crippen LogP contribution in [0.25, 0.3) is 0 Å². The van der Waals surface area contributed by atoms with Crippen molar-refractivity contribution in [3.63, 3.8) is 0 Å². The van der Waals surface area contributed by atoms with Crippen molar-refractivity contribution < 1.29 is 28.5 Å². The maximum Gasteiger partial charge on any atom is 0.376 e. The number of anilines is 1. The van der Waals surface area contributed by atoms with Gasteiger partial charge >= 0.3 is 7.05 Å². The van der Waals surface area contributed by atoms with Gasteiger partial charge in [-0.15, -0.1) is 0 Å². The van der Waals surface area contributed by atoms with E-state index in [0.717, 1.165) is 0 Å². The molecule has 2 atom stereocenters. The molecule has 2 amide bonds. The summed E-state index contributed by atoms with van der Waals surface area (Å²) in [6.45, 7) is 4.11. The highest BCUT2D eigenvalue weighted by Gasteiger charge is 2.50. The van der Waals surface area contributed by atoms with Crippen molar-refractivity contribution >= 4 is 24.6 Å². The molecule has 1 saturated heterocycles. The molecule has 2 aliphatic rings. The normalized spacial score (nSPS) is 21.6. The average molecular weight is 407 g/mol. The zero-order valence-electron chi connectivity index (χ0n) is 16.9. The Bertz CT molecular complexity index is 772. The summed E-state index contributed by atoms with van der Waals surface area (Å²) < 4.78 is 25.4. The first kappa shape index (κ1) is 21.5. The molecule has 0 saturated carbocycles. The Hall–Kier alpha value is -2.17. The minimum absolute atomic E-state index is 0.227. The second-order valence-electron chi connectivity index (χ2n) is 7.57. The molecule has 0 aliphatic carbocycles. The minimum Gasteiger partial charge on any atom is -0.482 e. The number of nitrogens with zero attached hydrogens (tertiary/aromatic N) is 1. The SMILES string of the molecule is CC[C@@H](C(=O)N[C@H]1C(=O)Nc2ccc(F)cc2OC12CCOCC2)N(C)B(C)O. The molecule has 3 rings (SSSR count). The lowest BCUT2D eigenvalue weighted by molar-refractivity contribution is -0.137. The lowest BCUT2D eigenvalue weighted by Crippen LogP contribution is -2.64. The van der Waals surface area contributed by atoms with E-state index in [1.54, 1.807) is 13.9 Å². The van der Waals surface area contributed by atoms with Crippen molar-refractivity contribution in [3.05, 3.63) is 24.0 Å². The summed E-state index contributed by atoms with van der Waals surface area (Å²) in [4.78, 5) is 27.6. The van der Waals surface area contributed by atoms with Crippen LogP contribution in [0.15, 0.2) is 18.2 Å². The monoisotopic (exact) mass is 407 g/mol. The Balaban J connectivity index is 1.93. The first-order valence-corrected chi connectivity index (χ1v) is 9.85. The first-order valence-electron chi connectivity index (χ1n) is 9.85. The number of hydrogen-bond donors (Lipinski definition) is 3. The molecule has 29 heavy (non-hydrogen) atoms. The Morgan fingerprint density at radius 2 is 2.17 bits per heavy atom. The summed E-state index contributed by atoms with van der Waals surface area (Å²) in [6.07, 6.45) is 1.18. The van der Waals surface area contributed by atoms with Crippen LogP contribution in [0.2, 0.25) is 6.82 Å². The number of rotatable bonds is 5. The predicted octanol–water partition coefficient (Wildman–Crippen LogP) is 1.01. The van der Waals surface area contributed by atoms with E-state index in [2.05, 4.69) is 10.6 Å². The Morgan fingerprint density at radius 3 is 2.79 bits per heavy atom. The van der Waals surface area contributed by atoms with Gasteiger partial charge in [-0.1, -0.05) is 6.92 Å². The number of carbonyl (C=O) groups excluding carboxylic acids is 2. The Morgan fingerprint density at radius 1 is 1.48 bits per heavy atom. The number of halogens is 1. The van der Waals surface area contributed by atoms with Crippen LogP contribution < -0.4 is 15.4 Å². The second kappa shape index (κ2) is 8.68. The van der Waals surface area contributed by atoms with Gasteiger partial charge in [0.15, 0.2) is 0 Å². The van der Waals surface area contributed by atoms with Crippen molar-refractivity contribution in [3.8, 4) is 5.75 Å². The Kier molecular flexibility index (Phi) is 6.45. The third kappa shape index (κ3) is 4.39. The topological polar surface area (TPSA) is 100 Å². The molecule has 0 radical (unpaired) electrons. The van der Waals surface area contributed by atoms with Crippen molar-refractivity contribution in [1.29, 1.82) is 0 Å². The quantitative estimate of drug-likeness (QED) is 0.631. The van der Waals surface area contributed by atoms with E-state index in [0.29, 0.717) is 38.2 Å². The summed E-state index contributed by atoms with van der Waals surface area (Å²) in [5.74, 6) is -1.07. The van der Waals surface area contributed by atoms with Gasteiger partial charge in [-0.2, -0.15) is 0 Å². The van der Waals surface area contributed by atoms with Gasteiger partial charge in [0.1, 0.15) is 23.2 Å². The number of fused-ring (bicyclic) bond motifs is 1. The smallest absolute Gasteiger partial charge is 0.376 e. The molecule has 0 aromatic heterocycles. The summed E-state index contributed by atoms with van der Waals surface area (Å²) in [5.41, 5.74) is -0.703. The van der Waals surface area contributed by atoms with E-state index >= 15 is 0 Å². The Labute approximate surface area is 169 Å². The number of hydrogen-bond acceptors (Lipinski definition) is 6. The fraction of sp³-hybridized carbons (Fsp3) is 0.579. The fourth-order valence-electron chi connectivity index (χ4n) is 3.87. The van der Waals surface area contributed by atoms with Crippen LogP contribution in [0.4, 0.5) is 10.1 Å². The second-order valence-corrected chi connectivity index (χ2v) is 7.57. The van der Waals surface area contributed by atoms with Crippen molar-refractivity contribution in [2.24, 2.45) is 0 Å². The highest BCUT2D eigenvalue weighted by molar-refractivity contribution is 6.45. The number of carbonyl (C=O) groups is 2. The van der Waals surface area contributed by atoms with Crippen LogP contribution >= 0.6 is 0 Å². The molecular formula is C19H27BFN3O5. The summed E-state index contributed by atoms with van der Waals surface area (Å²) in [6, 6.07) is 2.29. The maximum absolute atomic E-state index is 13.8. The zero-order chi connectivity index (χ0) is 21.2. The largest absolute Gasteiger partial charge is 0.482 e. The molecule has 0 unspecified atom stereocenters. The van der Waals surface area contributed by atoms with Crippen LogP contribution in [0, 0.1) is 5.82 Å². The van der Waals surface area contributed by atoms with Gasteiger partial charge in [-0.25, -0.2) is 4.39 Å². The predicted molar refractivity (Wildman–Crippen MR) is 106 cm³/mol. The van der Waals surface area contributed by atoms with Gasteiger partial charge in [0.2, 0.25) is 5.91 Å². The van der Waals surface area contributed by atoms with Crippen molar-refractivity contribution in [1.82, 2.24) is 10.1 Å². The minimum atomic E-state index is -1.06. The van der Waals surface area contributed by atoms with E-state index in [4.69, 9.17) is 9.47 Å². The molecule has 1 aromatic rings. The number of benzene rings is 1. The molecule has 1 aromatic carbocycles. The molecular weight excluding hydrogens is 380 g/mol. The third-order valence-electron chi connectivity index (χ3n) is 5.70. The number of amides is 2. The maximum atomic E-state index is 13.8. The molecule has 2 aliphatic heterocycles. The van der Waals surface area contributed by atoms with Crippen molar-refractivity contribution in [2.75, 3.05) is 25.6 Å². The summed E-state index contributed by atoms with van der Waals surface area (Å²) in [7, 11) is 0.819. The molecule has 0 bridgehead atoms. The molecule has 1 fully saturated rings. The van der Waals surface area contributed by atoms with E-state index in [9.17, 15) is 19.0 Å². The first-order chi connectivity index (χ1) is 13.8.